The van der Waals surface area contributed by atoms with Crippen molar-refractivity contribution >= 4 is 53.2 Å². The summed E-state index contributed by atoms with van der Waals surface area (Å²) >= 11 is 3.98. The van der Waals surface area contributed by atoms with Crippen molar-refractivity contribution in [1.82, 2.24) is 20.9 Å². The maximum atomic E-state index is 13.1. The highest BCUT2D eigenvalue weighted by atomic mass is 32.1. The number of amides is 3. The van der Waals surface area contributed by atoms with Gasteiger partial charge in [0.25, 0.3) is 0 Å². The summed E-state index contributed by atoms with van der Waals surface area (Å²) in [6, 6.07) is 2.19. The summed E-state index contributed by atoms with van der Waals surface area (Å²) in [5, 5.41) is 25.9. The highest BCUT2D eigenvalue weighted by Gasteiger charge is 2.31. The second-order valence-electron chi connectivity index (χ2n) is 7.64. The second-order valence-corrected chi connectivity index (χ2v) is 8.01. The maximum absolute atomic E-state index is 13.1. The van der Waals surface area contributed by atoms with Gasteiger partial charge in [0.15, 0.2) is 0 Å². The molecular weight excluding hydrogens is 466 g/mol. The van der Waals surface area contributed by atoms with Gasteiger partial charge in [-0.05, 0) is 18.6 Å². The largest absolute Gasteiger partial charge is 0.481 e. The lowest BCUT2D eigenvalue weighted by molar-refractivity contribution is -0.143. The van der Waals surface area contributed by atoms with E-state index in [-0.39, 0.29) is 12.2 Å². The molecule has 184 valence electrons. The molecule has 0 aliphatic carbocycles. The fourth-order valence-electron chi connectivity index (χ4n) is 3.12. The van der Waals surface area contributed by atoms with Crippen LogP contribution in [0.2, 0.25) is 0 Å². The lowest BCUT2D eigenvalue weighted by atomic mass is 10.0. The zero-order chi connectivity index (χ0) is 25.4. The van der Waals surface area contributed by atoms with Crippen LogP contribution in [0.15, 0.2) is 30.5 Å². The minimum atomic E-state index is -1.58. The molecule has 4 atom stereocenters. The van der Waals surface area contributed by atoms with E-state index < -0.39 is 60.2 Å². The molecule has 0 saturated carbocycles. The average molecular weight is 494 g/mol. The van der Waals surface area contributed by atoms with Crippen LogP contribution in [0.3, 0.4) is 0 Å². The standard InChI is InChI=1S/C21H27N5O7S/c1-10(21(32)33)24-19(30)16(7-17(27)28)26-20(31)15(25-18(29)13(22)9-34)6-11-8-23-14-5-3-2-4-12(11)14/h2-5,8,10,13,15-16,23,34H,6-7,9,22H2,1H3,(H,24,30)(H,25,29)(H,26,31)(H,27,28)(H,32,33). The average Bonchev–Trinajstić information content (AvgIpc) is 3.19. The summed E-state index contributed by atoms with van der Waals surface area (Å²) in [5.74, 6) is -5.20. The van der Waals surface area contributed by atoms with Crippen LogP contribution in [0.4, 0.5) is 0 Å². The highest BCUT2D eigenvalue weighted by Crippen LogP contribution is 2.19. The molecule has 2 rings (SSSR count). The van der Waals surface area contributed by atoms with Gasteiger partial charge < -0.3 is 36.9 Å². The monoisotopic (exact) mass is 493 g/mol. The Balaban J connectivity index is 2.28. The Morgan fingerprint density at radius 3 is 2.24 bits per heavy atom. The first-order chi connectivity index (χ1) is 16.0. The van der Waals surface area contributed by atoms with Gasteiger partial charge in [-0.15, -0.1) is 0 Å². The third-order valence-electron chi connectivity index (χ3n) is 5.01. The van der Waals surface area contributed by atoms with Crippen molar-refractivity contribution in [2.75, 3.05) is 5.75 Å². The van der Waals surface area contributed by atoms with Crippen LogP contribution in [0.1, 0.15) is 18.9 Å². The molecule has 0 aliphatic heterocycles. The molecule has 8 N–H and O–H groups in total. The lowest BCUT2D eigenvalue weighted by Crippen LogP contribution is -2.58. The minimum Gasteiger partial charge on any atom is -0.481 e. The first-order valence-electron chi connectivity index (χ1n) is 10.3. The van der Waals surface area contributed by atoms with Gasteiger partial charge in [-0.2, -0.15) is 12.6 Å². The Morgan fingerprint density at radius 1 is 1.00 bits per heavy atom. The molecule has 2 aromatic rings. The summed E-state index contributed by atoms with van der Waals surface area (Å²) in [6.07, 6.45) is 0.882. The van der Waals surface area contributed by atoms with Gasteiger partial charge in [-0.3, -0.25) is 24.0 Å². The fourth-order valence-corrected chi connectivity index (χ4v) is 3.29. The Morgan fingerprint density at radius 2 is 1.62 bits per heavy atom. The number of hydrogen-bond donors (Lipinski definition) is 8. The number of carboxylic acid groups (broad SMARTS) is 2. The van der Waals surface area contributed by atoms with Crippen LogP contribution < -0.4 is 21.7 Å². The number of thiol groups is 1. The van der Waals surface area contributed by atoms with Crippen LogP contribution in [-0.2, 0) is 30.4 Å². The molecule has 0 saturated heterocycles. The molecule has 0 fully saturated rings. The summed E-state index contributed by atoms with van der Waals surface area (Å²) in [6.45, 7) is 1.19. The Hall–Kier alpha value is -3.58. The van der Waals surface area contributed by atoms with Gasteiger partial charge in [0.05, 0.1) is 12.5 Å². The van der Waals surface area contributed by atoms with Crippen molar-refractivity contribution in [3.63, 3.8) is 0 Å². The van der Waals surface area contributed by atoms with E-state index in [9.17, 15) is 24.0 Å². The molecular formula is C21H27N5O7S. The van der Waals surface area contributed by atoms with Crippen LogP contribution in [-0.4, -0.2) is 74.8 Å². The van der Waals surface area contributed by atoms with Crippen LogP contribution in [0.25, 0.3) is 10.9 Å². The number of aromatic amines is 1. The number of carbonyl (C=O) groups excluding carboxylic acids is 3. The normalized spacial score (nSPS) is 14.4. The number of para-hydroxylation sites is 1. The number of aromatic nitrogens is 1. The molecule has 3 amide bonds. The van der Waals surface area contributed by atoms with Crippen LogP contribution >= 0.6 is 12.6 Å². The third kappa shape index (κ3) is 7.22. The molecule has 0 spiro atoms. The van der Waals surface area contributed by atoms with Crippen molar-refractivity contribution in [1.29, 1.82) is 0 Å². The number of fused-ring (bicyclic) bond motifs is 1. The van der Waals surface area contributed by atoms with Gasteiger partial charge in [0.1, 0.15) is 18.1 Å². The van der Waals surface area contributed by atoms with E-state index >= 15 is 0 Å². The number of aliphatic carboxylic acids is 2. The van der Waals surface area contributed by atoms with Crippen molar-refractivity contribution in [2.24, 2.45) is 5.73 Å². The van der Waals surface area contributed by atoms with Gasteiger partial charge in [0.2, 0.25) is 17.7 Å². The van der Waals surface area contributed by atoms with Crippen molar-refractivity contribution in [3.8, 4) is 0 Å². The number of hydrogen-bond acceptors (Lipinski definition) is 7. The fraction of sp³-hybridized carbons (Fsp3) is 0.381. The van der Waals surface area contributed by atoms with E-state index in [1.807, 2.05) is 18.2 Å². The van der Waals surface area contributed by atoms with Gasteiger partial charge in [-0.25, -0.2) is 0 Å². The summed E-state index contributed by atoms with van der Waals surface area (Å²) in [7, 11) is 0. The highest BCUT2D eigenvalue weighted by molar-refractivity contribution is 7.80. The number of carboxylic acids is 2. The molecule has 0 radical (unpaired) electrons. The second kappa shape index (κ2) is 12.0. The maximum Gasteiger partial charge on any atom is 0.325 e. The number of carbonyl (C=O) groups is 5. The molecule has 34 heavy (non-hydrogen) atoms. The molecule has 0 bridgehead atoms. The Labute approximate surface area is 200 Å². The van der Waals surface area contributed by atoms with Crippen LogP contribution in [0.5, 0.6) is 0 Å². The van der Waals surface area contributed by atoms with E-state index in [1.54, 1.807) is 12.3 Å². The predicted octanol–water partition coefficient (Wildman–Crippen LogP) is -0.999. The van der Waals surface area contributed by atoms with E-state index in [0.717, 1.165) is 10.9 Å². The molecule has 12 nitrogen and oxygen atoms in total. The zero-order valence-electron chi connectivity index (χ0n) is 18.3. The Kier molecular flexibility index (Phi) is 9.45. The molecule has 1 aromatic carbocycles. The number of H-pyrrole nitrogens is 1. The van der Waals surface area contributed by atoms with Gasteiger partial charge in [-0.1, -0.05) is 18.2 Å². The number of benzene rings is 1. The Bertz CT molecular complexity index is 1070. The van der Waals surface area contributed by atoms with E-state index in [1.165, 1.54) is 6.92 Å². The number of nitrogens with two attached hydrogens (primary N) is 1. The molecule has 4 unspecified atom stereocenters. The quantitative estimate of drug-likeness (QED) is 0.172. The first-order valence-corrected chi connectivity index (χ1v) is 10.9. The molecule has 0 aliphatic rings. The topological polar surface area (TPSA) is 204 Å². The first kappa shape index (κ1) is 26.7. The molecule has 1 heterocycles. The predicted molar refractivity (Wildman–Crippen MR) is 125 cm³/mol. The minimum absolute atomic E-state index is 0.00776. The van der Waals surface area contributed by atoms with E-state index in [0.29, 0.717) is 5.56 Å². The van der Waals surface area contributed by atoms with E-state index in [2.05, 4.69) is 33.6 Å². The van der Waals surface area contributed by atoms with E-state index in [4.69, 9.17) is 15.9 Å². The smallest absolute Gasteiger partial charge is 0.325 e. The van der Waals surface area contributed by atoms with Crippen molar-refractivity contribution in [2.45, 2.75) is 43.9 Å². The third-order valence-corrected chi connectivity index (χ3v) is 5.40. The van der Waals surface area contributed by atoms with Crippen molar-refractivity contribution < 1.29 is 34.2 Å². The molecule has 1 aromatic heterocycles. The SMILES string of the molecule is CC(NC(=O)C(CC(=O)O)NC(=O)C(Cc1c[nH]c2ccccc12)NC(=O)C(N)CS)C(=O)O. The lowest BCUT2D eigenvalue weighted by Gasteiger charge is -2.24. The summed E-state index contributed by atoms with van der Waals surface area (Å²) in [4.78, 5) is 63.2. The van der Waals surface area contributed by atoms with Gasteiger partial charge in [0, 0.05) is 29.3 Å². The summed E-state index contributed by atoms with van der Waals surface area (Å²) < 4.78 is 0. The summed E-state index contributed by atoms with van der Waals surface area (Å²) in [5.41, 5.74) is 7.20. The van der Waals surface area contributed by atoms with Gasteiger partial charge >= 0.3 is 11.9 Å². The number of rotatable bonds is 12. The zero-order valence-corrected chi connectivity index (χ0v) is 19.2. The molecule has 13 heteroatoms. The number of nitrogens with one attached hydrogen (secondary N) is 4. The van der Waals surface area contributed by atoms with Crippen molar-refractivity contribution in [3.05, 3.63) is 36.0 Å². The van der Waals surface area contributed by atoms with Crippen LogP contribution in [0, 0.1) is 0 Å².